The normalized spacial score (nSPS) is 26.3. The minimum atomic E-state index is -0.668. The molecule has 8 rings (SSSR count). The zero-order valence-electron chi connectivity index (χ0n) is 28.3. The van der Waals surface area contributed by atoms with Crippen LogP contribution < -0.4 is 10.2 Å². The average Bonchev–Trinajstić information content (AvgIpc) is 3.54. The maximum atomic E-state index is 13.6. The van der Waals surface area contributed by atoms with Gasteiger partial charge in [-0.1, -0.05) is 0 Å². The first-order valence-corrected chi connectivity index (χ1v) is 17.0. The Balaban J connectivity index is 1.01. The first kappa shape index (κ1) is 31.0. The predicted octanol–water partition coefficient (Wildman–Crippen LogP) is 4.79. The fourth-order valence-electron chi connectivity index (χ4n) is 8.31. The molecule has 2 bridgehead atoms. The number of carbonyl (C=O) groups is 2. The summed E-state index contributed by atoms with van der Waals surface area (Å²) in [5, 5.41) is 9.74. The van der Waals surface area contributed by atoms with Gasteiger partial charge in [0.15, 0.2) is 0 Å². The van der Waals surface area contributed by atoms with Crippen molar-refractivity contribution >= 4 is 28.7 Å². The predicted molar refractivity (Wildman–Crippen MR) is 176 cm³/mol. The highest BCUT2D eigenvalue weighted by molar-refractivity contribution is 5.91. The van der Waals surface area contributed by atoms with Crippen molar-refractivity contribution in [3.8, 4) is 0 Å². The van der Waals surface area contributed by atoms with Gasteiger partial charge >= 0.3 is 6.09 Å². The molecule has 2 amide bonds. The van der Waals surface area contributed by atoms with Crippen molar-refractivity contribution in [3.05, 3.63) is 41.0 Å². The van der Waals surface area contributed by atoms with Crippen LogP contribution in [-0.2, 0) is 40.8 Å². The highest BCUT2D eigenvalue weighted by Gasteiger charge is 2.51. The second-order valence-electron chi connectivity index (χ2n) is 15.3. The lowest BCUT2D eigenvalue weighted by Gasteiger charge is -2.54. The molecule has 0 spiro atoms. The summed E-state index contributed by atoms with van der Waals surface area (Å²) < 4.78 is 15.7. The Hall–Kier alpha value is -3.60. The van der Waals surface area contributed by atoms with Crippen molar-refractivity contribution in [2.24, 2.45) is 12.5 Å². The number of nitrogens with zero attached hydrogens (tertiary/aromatic N) is 6. The van der Waals surface area contributed by atoms with Gasteiger partial charge in [-0.05, 0) is 90.7 Å². The van der Waals surface area contributed by atoms with Crippen LogP contribution in [0.15, 0.2) is 18.3 Å². The van der Waals surface area contributed by atoms with Crippen molar-refractivity contribution in [2.75, 3.05) is 31.2 Å². The summed E-state index contributed by atoms with van der Waals surface area (Å²) in [5.41, 5.74) is 6.55. The molecule has 3 aromatic rings. The van der Waals surface area contributed by atoms with Crippen LogP contribution in [-0.4, -0.2) is 79.7 Å². The summed E-state index contributed by atoms with van der Waals surface area (Å²) in [6.07, 6.45) is 8.64. The topological polar surface area (TPSA) is 107 Å². The second kappa shape index (κ2) is 11.3. The summed E-state index contributed by atoms with van der Waals surface area (Å²) >= 11 is 0. The number of rotatable bonds is 5. The molecular weight excluding hydrogens is 582 g/mol. The minimum Gasteiger partial charge on any atom is -0.444 e. The molecule has 1 atom stereocenters. The lowest BCUT2D eigenvalue weighted by Crippen LogP contribution is -2.63. The minimum absolute atomic E-state index is 0.126. The fraction of sp³-hybridized carbons (Fsp3) is 0.657. The summed E-state index contributed by atoms with van der Waals surface area (Å²) in [6, 6.07) is 3.73. The van der Waals surface area contributed by atoms with Gasteiger partial charge < -0.3 is 24.3 Å². The molecule has 1 saturated heterocycles. The Morgan fingerprint density at radius 3 is 2.57 bits per heavy atom. The summed E-state index contributed by atoms with van der Waals surface area (Å²) in [6.45, 7) is 13.5. The van der Waals surface area contributed by atoms with E-state index in [-0.39, 0.29) is 23.5 Å². The van der Waals surface area contributed by atoms with Crippen molar-refractivity contribution in [3.63, 3.8) is 0 Å². The third-order valence-corrected chi connectivity index (χ3v) is 11.0. The molecule has 0 aromatic carbocycles. The van der Waals surface area contributed by atoms with E-state index in [4.69, 9.17) is 19.6 Å². The van der Waals surface area contributed by atoms with Gasteiger partial charge in [-0.2, -0.15) is 5.10 Å². The lowest BCUT2D eigenvalue weighted by atomic mass is 9.57. The molecule has 11 nitrogen and oxygen atoms in total. The maximum absolute atomic E-state index is 13.6. The van der Waals surface area contributed by atoms with Crippen LogP contribution in [0.3, 0.4) is 0 Å². The Labute approximate surface area is 271 Å². The van der Waals surface area contributed by atoms with Crippen molar-refractivity contribution in [1.82, 2.24) is 29.5 Å². The summed E-state index contributed by atoms with van der Waals surface area (Å²) in [7, 11) is 2.06. The first-order chi connectivity index (χ1) is 21.8. The molecule has 0 unspecified atom stereocenters. The van der Waals surface area contributed by atoms with E-state index < -0.39 is 17.7 Å². The average molecular weight is 632 g/mol. The van der Waals surface area contributed by atoms with Crippen molar-refractivity contribution < 1.29 is 19.1 Å². The Bertz CT molecular complexity index is 1640. The Morgan fingerprint density at radius 2 is 1.85 bits per heavy atom. The van der Waals surface area contributed by atoms with Crippen molar-refractivity contribution in [2.45, 2.75) is 110 Å². The number of anilines is 1. The van der Waals surface area contributed by atoms with E-state index in [1.54, 1.807) is 4.90 Å². The third-order valence-electron chi connectivity index (χ3n) is 11.0. The molecule has 3 aromatic heterocycles. The molecule has 2 aliphatic heterocycles. The van der Waals surface area contributed by atoms with Gasteiger partial charge in [0.1, 0.15) is 17.3 Å². The largest absolute Gasteiger partial charge is 0.444 e. The number of pyridine rings is 1. The number of hydrogen-bond acceptors (Lipinski definition) is 7. The van der Waals surface area contributed by atoms with E-state index in [0.29, 0.717) is 13.2 Å². The second-order valence-corrected chi connectivity index (χ2v) is 15.3. The summed E-state index contributed by atoms with van der Waals surface area (Å²) in [5.74, 6) is -0.126. The Kier molecular flexibility index (Phi) is 7.61. The SMILES string of the molecule is Cc1cc(N2CCc3c(c(C)nn3CC34CCC(NC(=O)[C@@H]5COCCN5C(=O)OC(C)(C)C)(CC3)CC4)C2)c2ccn(C)c2n1. The molecule has 0 radical (unpaired) electrons. The monoisotopic (exact) mass is 631 g/mol. The fourth-order valence-corrected chi connectivity index (χ4v) is 8.31. The summed E-state index contributed by atoms with van der Waals surface area (Å²) in [4.78, 5) is 35.3. The highest BCUT2D eigenvalue weighted by atomic mass is 16.6. The van der Waals surface area contributed by atoms with Crippen LogP contribution in [0.2, 0.25) is 0 Å². The van der Waals surface area contributed by atoms with Gasteiger partial charge in [-0.15, -0.1) is 0 Å². The van der Waals surface area contributed by atoms with E-state index in [0.717, 1.165) is 81.6 Å². The van der Waals surface area contributed by atoms with E-state index in [1.165, 1.54) is 22.3 Å². The number of hydrogen-bond donors (Lipinski definition) is 1. The molecule has 46 heavy (non-hydrogen) atoms. The van der Waals surface area contributed by atoms with Crippen LogP contribution in [0, 0.1) is 19.3 Å². The van der Waals surface area contributed by atoms with Crippen molar-refractivity contribution in [1.29, 1.82) is 0 Å². The number of nitrogens with one attached hydrogen (secondary N) is 1. The lowest BCUT2D eigenvalue weighted by molar-refractivity contribution is -0.136. The van der Waals surface area contributed by atoms with E-state index in [9.17, 15) is 9.59 Å². The van der Waals surface area contributed by atoms with Gasteiger partial charge in [0.2, 0.25) is 5.91 Å². The maximum Gasteiger partial charge on any atom is 0.411 e. The van der Waals surface area contributed by atoms with Gasteiger partial charge in [0.25, 0.3) is 0 Å². The Morgan fingerprint density at radius 1 is 1.11 bits per heavy atom. The molecule has 5 aliphatic rings. The van der Waals surface area contributed by atoms with Crippen LogP contribution in [0.5, 0.6) is 0 Å². The standard InChI is InChI=1S/C35H49N7O4/c1-23-19-28(25-7-15-39(6)30(25)36-23)40-16-8-27-26(20-40)24(2)38-42(27)22-34-9-12-35(13-10-34,14-11-34)37-31(43)29-21-45-18-17-41(29)32(44)46-33(3,4)5/h7,15,19,29H,8-14,16-18,20-22H2,1-6H3,(H,37,43)/t29-,34?,35?/m0/s1. The number of carbonyl (C=O) groups excluding carboxylic acids is 2. The van der Waals surface area contributed by atoms with Crippen LogP contribution in [0.1, 0.15) is 81.9 Å². The molecule has 4 fully saturated rings. The van der Waals surface area contributed by atoms with Crippen LogP contribution in [0.25, 0.3) is 11.0 Å². The number of fused-ring (bicyclic) bond motifs is 5. The number of amides is 2. The molecule has 5 heterocycles. The number of ether oxygens (including phenoxy) is 2. The molecule has 3 saturated carbocycles. The van der Waals surface area contributed by atoms with Gasteiger partial charge in [0, 0.05) is 79.4 Å². The van der Waals surface area contributed by atoms with E-state index in [2.05, 4.69) is 58.7 Å². The van der Waals surface area contributed by atoms with Gasteiger partial charge in [-0.3, -0.25) is 14.4 Å². The number of morpholine rings is 1. The zero-order valence-corrected chi connectivity index (χ0v) is 28.3. The molecule has 11 heteroatoms. The highest BCUT2D eigenvalue weighted by Crippen LogP contribution is 2.53. The number of aromatic nitrogens is 4. The molecular formula is C35H49N7O4. The van der Waals surface area contributed by atoms with Gasteiger partial charge in [0.05, 0.1) is 18.9 Å². The zero-order chi connectivity index (χ0) is 32.4. The number of aryl methyl sites for hydroxylation is 3. The van der Waals surface area contributed by atoms with E-state index >= 15 is 0 Å². The third kappa shape index (κ3) is 5.65. The molecule has 3 aliphatic carbocycles. The van der Waals surface area contributed by atoms with E-state index in [1.807, 2.05) is 20.8 Å². The smallest absolute Gasteiger partial charge is 0.411 e. The first-order valence-electron chi connectivity index (χ1n) is 17.0. The quantitative estimate of drug-likeness (QED) is 0.432. The molecule has 248 valence electrons. The van der Waals surface area contributed by atoms with Crippen LogP contribution >= 0.6 is 0 Å². The van der Waals surface area contributed by atoms with Crippen LogP contribution in [0.4, 0.5) is 10.5 Å². The molecule has 1 N–H and O–H groups in total. The van der Waals surface area contributed by atoms with Gasteiger partial charge in [-0.25, -0.2) is 9.78 Å².